The number of hydrogen-bond acceptors (Lipinski definition) is 5. The SMILES string of the molecule is CC1(C)CC(=O)C2C(=Nc3ccc(C(=O)c4ccccc4)cc3N[C@@H]2c2ccco2)C1. The van der Waals surface area contributed by atoms with Crippen LogP contribution < -0.4 is 5.32 Å². The van der Waals surface area contributed by atoms with Gasteiger partial charge in [-0.05, 0) is 42.2 Å². The number of fused-ring (bicyclic) bond motifs is 2. The van der Waals surface area contributed by atoms with Crippen LogP contribution in [0.25, 0.3) is 0 Å². The average molecular weight is 412 g/mol. The number of nitrogens with one attached hydrogen (secondary N) is 1. The highest BCUT2D eigenvalue weighted by Gasteiger charge is 2.44. The predicted octanol–water partition coefficient (Wildman–Crippen LogP) is 5.76. The molecule has 1 saturated carbocycles. The lowest BCUT2D eigenvalue weighted by Gasteiger charge is -2.36. The van der Waals surface area contributed by atoms with Gasteiger partial charge < -0.3 is 9.73 Å². The standard InChI is InChI=1S/C26H24N2O3/c1-26(2)14-20-23(21(29)15-26)24(22-9-6-12-31-22)28-19-13-17(10-11-18(19)27-20)25(30)16-7-4-3-5-8-16/h3-13,23-24,28H,14-15H2,1-2H3/t23?,24-/m1/s1. The first kappa shape index (κ1) is 19.5. The third-order valence-corrected chi connectivity index (χ3v) is 6.07. The molecule has 0 spiro atoms. The molecule has 0 bridgehead atoms. The number of rotatable bonds is 3. The lowest BCUT2D eigenvalue weighted by Crippen LogP contribution is -2.42. The molecule has 1 N–H and O–H groups in total. The van der Waals surface area contributed by atoms with E-state index in [0.29, 0.717) is 23.3 Å². The molecule has 2 aliphatic rings. The van der Waals surface area contributed by atoms with Crippen molar-refractivity contribution >= 4 is 28.7 Å². The van der Waals surface area contributed by atoms with Crippen LogP contribution in [0.15, 0.2) is 76.3 Å². The van der Waals surface area contributed by atoms with Crippen molar-refractivity contribution in [3.05, 3.63) is 83.8 Å². The summed E-state index contributed by atoms with van der Waals surface area (Å²) >= 11 is 0. The van der Waals surface area contributed by atoms with Gasteiger partial charge in [-0.25, -0.2) is 0 Å². The van der Waals surface area contributed by atoms with E-state index in [1.165, 1.54) is 0 Å². The summed E-state index contributed by atoms with van der Waals surface area (Å²) in [5.41, 5.74) is 3.42. The minimum absolute atomic E-state index is 0.0497. The molecule has 1 fully saturated rings. The second-order valence-electron chi connectivity index (χ2n) is 9.13. The molecule has 0 saturated heterocycles. The van der Waals surface area contributed by atoms with Gasteiger partial charge >= 0.3 is 0 Å². The Kier molecular flexibility index (Phi) is 4.62. The van der Waals surface area contributed by atoms with Crippen molar-refractivity contribution < 1.29 is 14.0 Å². The Bertz CT molecular complexity index is 1180. The fraction of sp³-hybridized carbons (Fsp3) is 0.269. The van der Waals surface area contributed by atoms with Crippen molar-refractivity contribution in [1.82, 2.24) is 0 Å². The van der Waals surface area contributed by atoms with Gasteiger partial charge in [0.15, 0.2) is 5.78 Å². The van der Waals surface area contributed by atoms with Gasteiger partial charge in [-0.2, -0.15) is 0 Å². The minimum atomic E-state index is -0.389. The van der Waals surface area contributed by atoms with Crippen molar-refractivity contribution in [2.75, 3.05) is 5.32 Å². The van der Waals surface area contributed by atoms with Crippen LogP contribution in [0.5, 0.6) is 0 Å². The molecule has 1 aliphatic heterocycles. The van der Waals surface area contributed by atoms with E-state index < -0.39 is 0 Å². The summed E-state index contributed by atoms with van der Waals surface area (Å²) < 4.78 is 5.70. The molecule has 2 heterocycles. The maximum absolute atomic E-state index is 13.2. The minimum Gasteiger partial charge on any atom is -0.467 e. The van der Waals surface area contributed by atoms with E-state index in [-0.39, 0.29) is 28.9 Å². The van der Waals surface area contributed by atoms with Crippen LogP contribution in [-0.2, 0) is 4.79 Å². The third-order valence-electron chi connectivity index (χ3n) is 6.07. The number of ketones is 2. The molecule has 1 aliphatic carbocycles. The smallest absolute Gasteiger partial charge is 0.193 e. The van der Waals surface area contributed by atoms with Crippen LogP contribution in [0.1, 0.15) is 54.4 Å². The Hall–Kier alpha value is -3.47. The van der Waals surface area contributed by atoms with Gasteiger partial charge in [-0.1, -0.05) is 44.2 Å². The van der Waals surface area contributed by atoms with E-state index in [4.69, 9.17) is 9.41 Å². The molecular formula is C26H24N2O3. The summed E-state index contributed by atoms with van der Waals surface area (Å²) in [6, 6.07) is 18.1. The van der Waals surface area contributed by atoms with E-state index in [9.17, 15) is 9.59 Å². The van der Waals surface area contributed by atoms with Crippen molar-refractivity contribution in [1.29, 1.82) is 0 Å². The quantitative estimate of drug-likeness (QED) is 0.556. The zero-order valence-corrected chi connectivity index (χ0v) is 17.6. The molecule has 5 rings (SSSR count). The highest BCUT2D eigenvalue weighted by molar-refractivity contribution is 6.12. The van der Waals surface area contributed by atoms with Gasteiger partial charge in [0, 0.05) is 23.3 Å². The molecular weight excluding hydrogens is 388 g/mol. The lowest BCUT2D eigenvalue weighted by molar-refractivity contribution is -0.124. The van der Waals surface area contributed by atoms with Crippen molar-refractivity contribution in [2.24, 2.45) is 16.3 Å². The first-order valence-electron chi connectivity index (χ1n) is 10.6. The average Bonchev–Trinajstić information content (AvgIpc) is 3.22. The second-order valence-corrected chi connectivity index (χ2v) is 9.13. The fourth-order valence-corrected chi connectivity index (χ4v) is 4.67. The first-order chi connectivity index (χ1) is 14.9. The molecule has 5 heteroatoms. The summed E-state index contributed by atoms with van der Waals surface area (Å²) in [6.07, 6.45) is 2.86. The number of benzene rings is 2. The van der Waals surface area contributed by atoms with Crippen LogP contribution in [0.4, 0.5) is 11.4 Å². The van der Waals surface area contributed by atoms with Crippen molar-refractivity contribution in [2.45, 2.75) is 32.7 Å². The Morgan fingerprint density at radius 2 is 1.84 bits per heavy atom. The molecule has 156 valence electrons. The number of anilines is 1. The van der Waals surface area contributed by atoms with Gasteiger partial charge in [0.05, 0.1) is 29.6 Å². The van der Waals surface area contributed by atoms with Crippen molar-refractivity contribution in [3.63, 3.8) is 0 Å². The first-order valence-corrected chi connectivity index (χ1v) is 10.6. The van der Waals surface area contributed by atoms with Crippen LogP contribution in [0, 0.1) is 11.3 Å². The Morgan fingerprint density at radius 1 is 1.03 bits per heavy atom. The predicted molar refractivity (Wildman–Crippen MR) is 120 cm³/mol. The number of carbonyl (C=O) groups excluding carboxylic acids is 2. The molecule has 0 radical (unpaired) electrons. The summed E-state index contributed by atoms with van der Waals surface area (Å²) in [4.78, 5) is 31.1. The summed E-state index contributed by atoms with van der Waals surface area (Å²) in [5, 5.41) is 3.48. The highest BCUT2D eigenvalue weighted by atomic mass is 16.3. The van der Waals surface area contributed by atoms with Gasteiger partial charge in [-0.3, -0.25) is 14.6 Å². The maximum atomic E-state index is 13.2. The highest BCUT2D eigenvalue weighted by Crippen LogP contribution is 2.45. The van der Waals surface area contributed by atoms with Crippen LogP contribution in [-0.4, -0.2) is 17.3 Å². The van der Waals surface area contributed by atoms with Crippen LogP contribution in [0.2, 0.25) is 0 Å². The van der Waals surface area contributed by atoms with E-state index in [0.717, 1.165) is 23.5 Å². The maximum Gasteiger partial charge on any atom is 0.193 e. The summed E-state index contributed by atoms with van der Waals surface area (Å²) in [5.74, 6) is 0.418. The monoisotopic (exact) mass is 412 g/mol. The third kappa shape index (κ3) is 3.61. The van der Waals surface area contributed by atoms with Crippen LogP contribution >= 0.6 is 0 Å². The fourth-order valence-electron chi connectivity index (χ4n) is 4.67. The molecule has 5 nitrogen and oxygen atoms in total. The zero-order chi connectivity index (χ0) is 21.6. The number of Topliss-reactive ketones (excluding diaryl/α,β-unsaturated/α-hetero) is 1. The van der Waals surface area contributed by atoms with E-state index in [1.54, 1.807) is 12.3 Å². The zero-order valence-electron chi connectivity index (χ0n) is 17.6. The van der Waals surface area contributed by atoms with Gasteiger partial charge in [0.2, 0.25) is 0 Å². The van der Waals surface area contributed by atoms with E-state index in [2.05, 4.69) is 19.2 Å². The number of hydrogen-bond donors (Lipinski definition) is 1. The number of aliphatic imine (C=N–C) groups is 1. The second kappa shape index (κ2) is 7.34. The Morgan fingerprint density at radius 3 is 2.58 bits per heavy atom. The van der Waals surface area contributed by atoms with Gasteiger partial charge in [-0.15, -0.1) is 0 Å². The van der Waals surface area contributed by atoms with Crippen molar-refractivity contribution in [3.8, 4) is 0 Å². The molecule has 1 aromatic heterocycles. The van der Waals surface area contributed by atoms with E-state index >= 15 is 0 Å². The molecule has 2 aromatic carbocycles. The van der Waals surface area contributed by atoms with E-state index in [1.807, 2.05) is 54.6 Å². The summed E-state index contributed by atoms with van der Waals surface area (Å²) in [6.45, 7) is 4.21. The topological polar surface area (TPSA) is 71.7 Å². The molecule has 1 unspecified atom stereocenters. The summed E-state index contributed by atoms with van der Waals surface area (Å²) in [7, 11) is 0. The molecule has 31 heavy (non-hydrogen) atoms. The lowest BCUT2D eigenvalue weighted by atomic mass is 9.68. The molecule has 3 aromatic rings. The number of furan rings is 1. The van der Waals surface area contributed by atoms with Gasteiger partial charge in [0.25, 0.3) is 0 Å². The largest absolute Gasteiger partial charge is 0.467 e. The Balaban J connectivity index is 1.60. The van der Waals surface area contributed by atoms with Crippen LogP contribution in [0.3, 0.4) is 0 Å². The molecule has 2 atom stereocenters. The number of nitrogens with zero attached hydrogens (tertiary/aromatic N) is 1. The normalized spacial score (nSPS) is 21.9. The Labute approximate surface area is 181 Å². The number of carbonyl (C=O) groups is 2. The van der Waals surface area contributed by atoms with Gasteiger partial charge in [0.1, 0.15) is 11.5 Å². The molecule has 0 amide bonds.